The molecule has 2 nitrogen and oxygen atoms in total. The summed E-state index contributed by atoms with van der Waals surface area (Å²) in [4.78, 5) is 0. The van der Waals surface area contributed by atoms with E-state index in [0.29, 0.717) is 6.04 Å². The van der Waals surface area contributed by atoms with E-state index in [1.807, 2.05) is 18.2 Å². The molecule has 0 saturated heterocycles. The van der Waals surface area contributed by atoms with Gasteiger partial charge in [0.1, 0.15) is 0 Å². The Morgan fingerprint density at radius 3 is 2.62 bits per heavy atom. The molecule has 0 aliphatic rings. The lowest BCUT2D eigenvalue weighted by Crippen LogP contribution is -2.20. The first-order chi connectivity index (χ1) is 6.34. The lowest BCUT2D eigenvalue weighted by Gasteiger charge is -2.13. The molecule has 2 N–H and O–H groups in total. The van der Waals surface area contributed by atoms with Crippen molar-refractivity contribution in [2.45, 2.75) is 19.4 Å². The van der Waals surface area contributed by atoms with Crippen molar-refractivity contribution in [2.24, 2.45) is 0 Å². The number of benzene rings is 1. The quantitative estimate of drug-likeness (QED) is 0.674. The van der Waals surface area contributed by atoms with Gasteiger partial charge in [0.25, 0.3) is 0 Å². The third kappa shape index (κ3) is 3.57. The molecule has 0 aromatic heterocycles. The number of aliphatic hydroxyl groups excluding tert-OH is 1. The van der Waals surface area contributed by atoms with Crippen molar-refractivity contribution in [3.05, 3.63) is 35.9 Å². The largest absolute Gasteiger partial charge is 0.396 e. The van der Waals surface area contributed by atoms with Crippen LogP contribution in [0.4, 0.5) is 0 Å². The summed E-state index contributed by atoms with van der Waals surface area (Å²) in [5.74, 6) is 0. The Kier molecular flexibility index (Phi) is 4.50. The van der Waals surface area contributed by atoms with E-state index in [9.17, 15) is 0 Å². The van der Waals surface area contributed by atoms with Gasteiger partial charge in [-0.25, -0.2) is 0 Å². The minimum absolute atomic E-state index is 0.258. The van der Waals surface area contributed by atoms with Gasteiger partial charge in [0.2, 0.25) is 0 Å². The monoisotopic (exact) mass is 179 g/mol. The first kappa shape index (κ1) is 10.2. The summed E-state index contributed by atoms with van der Waals surface area (Å²) in [7, 11) is 0. The van der Waals surface area contributed by atoms with Gasteiger partial charge in [0.05, 0.1) is 0 Å². The topological polar surface area (TPSA) is 32.3 Å². The average molecular weight is 179 g/mol. The maximum absolute atomic E-state index is 8.61. The van der Waals surface area contributed by atoms with Crippen molar-refractivity contribution in [1.82, 2.24) is 5.32 Å². The molecule has 1 aromatic rings. The minimum Gasteiger partial charge on any atom is -0.396 e. The fourth-order valence-corrected chi connectivity index (χ4v) is 1.26. The van der Waals surface area contributed by atoms with Gasteiger partial charge < -0.3 is 10.4 Å². The Hall–Kier alpha value is -0.860. The highest BCUT2D eigenvalue weighted by molar-refractivity contribution is 5.17. The van der Waals surface area contributed by atoms with Crippen LogP contribution in [-0.2, 0) is 0 Å². The second kappa shape index (κ2) is 5.73. The Morgan fingerprint density at radius 2 is 2.00 bits per heavy atom. The first-order valence-corrected chi connectivity index (χ1v) is 4.74. The third-order valence-electron chi connectivity index (χ3n) is 2.08. The maximum Gasteiger partial charge on any atom is 0.0443 e. The molecule has 1 aromatic carbocycles. The van der Waals surface area contributed by atoms with Crippen molar-refractivity contribution >= 4 is 0 Å². The third-order valence-corrected chi connectivity index (χ3v) is 2.08. The first-order valence-electron chi connectivity index (χ1n) is 4.74. The molecule has 0 fully saturated rings. The van der Waals surface area contributed by atoms with Crippen LogP contribution in [0, 0.1) is 0 Å². The standard InChI is InChI=1S/C11H17NO/c1-10(12-8-5-9-13)11-6-3-2-4-7-11/h2-4,6-7,10,12-13H,5,8-9H2,1H3/t10-/m1/s1. The van der Waals surface area contributed by atoms with Crippen LogP contribution in [0.3, 0.4) is 0 Å². The van der Waals surface area contributed by atoms with Gasteiger partial charge in [0.15, 0.2) is 0 Å². The van der Waals surface area contributed by atoms with Gasteiger partial charge in [-0.3, -0.25) is 0 Å². The maximum atomic E-state index is 8.61. The van der Waals surface area contributed by atoms with Crippen LogP contribution in [0.15, 0.2) is 30.3 Å². The Balaban J connectivity index is 2.35. The van der Waals surface area contributed by atoms with Crippen LogP contribution in [0.5, 0.6) is 0 Å². The van der Waals surface area contributed by atoms with Crippen molar-refractivity contribution < 1.29 is 5.11 Å². The van der Waals surface area contributed by atoms with Crippen molar-refractivity contribution in [1.29, 1.82) is 0 Å². The molecule has 0 aliphatic heterocycles. The molecule has 0 heterocycles. The lowest BCUT2D eigenvalue weighted by atomic mass is 10.1. The Morgan fingerprint density at radius 1 is 1.31 bits per heavy atom. The van der Waals surface area contributed by atoms with E-state index in [1.54, 1.807) is 0 Å². The van der Waals surface area contributed by atoms with E-state index >= 15 is 0 Å². The molecule has 0 bridgehead atoms. The van der Waals surface area contributed by atoms with Crippen molar-refractivity contribution in [3.8, 4) is 0 Å². The molecule has 72 valence electrons. The number of aliphatic hydroxyl groups is 1. The van der Waals surface area contributed by atoms with Gasteiger partial charge in [-0.2, -0.15) is 0 Å². The van der Waals surface area contributed by atoms with E-state index in [0.717, 1.165) is 13.0 Å². The normalized spacial score (nSPS) is 12.8. The fraction of sp³-hybridized carbons (Fsp3) is 0.455. The van der Waals surface area contributed by atoms with E-state index in [2.05, 4.69) is 24.4 Å². The summed E-state index contributed by atoms with van der Waals surface area (Å²) in [6.45, 7) is 3.26. The SMILES string of the molecule is C[C@@H](NCCCO)c1ccccc1. The van der Waals surface area contributed by atoms with E-state index in [4.69, 9.17) is 5.11 Å². The fourth-order valence-electron chi connectivity index (χ4n) is 1.26. The summed E-state index contributed by atoms with van der Waals surface area (Å²) in [6.07, 6.45) is 0.817. The molecule has 0 unspecified atom stereocenters. The molecule has 0 radical (unpaired) electrons. The summed E-state index contributed by atoms with van der Waals surface area (Å²) < 4.78 is 0. The second-order valence-corrected chi connectivity index (χ2v) is 3.16. The van der Waals surface area contributed by atoms with E-state index in [-0.39, 0.29) is 6.61 Å². The number of nitrogens with one attached hydrogen (secondary N) is 1. The zero-order valence-corrected chi connectivity index (χ0v) is 8.03. The molecule has 0 spiro atoms. The van der Waals surface area contributed by atoms with Crippen LogP contribution in [-0.4, -0.2) is 18.3 Å². The van der Waals surface area contributed by atoms with Crippen molar-refractivity contribution in [2.75, 3.05) is 13.2 Å². The summed E-state index contributed by atoms with van der Waals surface area (Å²) in [6, 6.07) is 10.7. The highest BCUT2D eigenvalue weighted by Gasteiger charge is 2.01. The molecule has 0 amide bonds. The van der Waals surface area contributed by atoms with E-state index in [1.165, 1.54) is 5.56 Å². The molecule has 13 heavy (non-hydrogen) atoms. The van der Waals surface area contributed by atoms with Crippen molar-refractivity contribution in [3.63, 3.8) is 0 Å². The zero-order chi connectivity index (χ0) is 9.52. The van der Waals surface area contributed by atoms with Gasteiger partial charge in [-0.05, 0) is 25.5 Å². The molecule has 2 heteroatoms. The Bertz CT molecular complexity index is 223. The Labute approximate surface area is 79.6 Å². The molecular weight excluding hydrogens is 162 g/mol. The van der Waals surface area contributed by atoms with Crippen LogP contribution >= 0.6 is 0 Å². The zero-order valence-electron chi connectivity index (χ0n) is 8.03. The molecule has 0 aliphatic carbocycles. The van der Waals surface area contributed by atoms with Crippen LogP contribution < -0.4 is 5.32 Å². The highest BCUT2D eigenvalue weighted by Crippen LogP contribution is 2.10. The lowest BCUT2D eigenvalue weighted by molar-refractivity contribution is 0.284. The summed E-state index contributed by atoms with van der Waals surface area (Å²) >= 11 is 0. The van der Waals surface area contributed by atoms with Gasteiger partial charge >= 0.3 is 0 Å². The van der Waals surface area contributed by atoms with E-state index < -0.39 is 0 Å². The van der Waals surface area contributed by atoms with Gasteiger partial charge in [-0.1, -0.05) is 30.3 Å². The number of hydrogen-bond acceptors (Lipinski definition) is 2. The number of hydrogen-bond donors (Lipinski definition) is 2. The van der Waals surface area contributed by atoms with Crippen LogP contribution in [0.1, 0.15) is 24.9 Å². The van der Waals surface area contributed by atoms with Crippen LogP contribution in [0.25, 0.3) is 0 Å². The summed E-state index contributed by atoms with van der Waals surface area (Å²) in [5, 5.41) is 11.9. The van der Waals surface area contributed by atoms with Gasteiger partial charge in [-0.15, -0.1) is 0 Å². The average Bonchev–Trinajstić information content (AvgIpc) is 2.19. The predicted molar refractivity (Wildman–Crippen MR) is 54.6 cm³/mol. The minimum atomic E-state index is 0.258. The highest BCUT2D eigenvalue weighted by atomic mass is 16.3. The number of rotatable bonds is 5. The predicted octanol–water partition coefficient (Wildman–Crippen LogP) is 1.72. The van der Waals surface area contributed by atoms with Crippen LogP contribution in [0.2, 0.25) is 0 Å². The molecular formula is C11H17NO. The molecule has 1 atom stereocenters. The smallest absolute Gasteiger partial charge is 0.0443 e. The summed E-state index contributed by atoms with van der Waals surface area (Å²) in [5.41, 5.74) is 1.29. The molecule has 1 rings (SSSR count). The second-order valence-electron chi connectivity index (χ2n) is 3.16. The molecule has 0 saturated carbocycles. The van der Waals surface area contributed by atoms with Gasteiger partial charge in [0, 0.05) is 12.6 Å².